The van der Waals surface area contributed by atoms with Crippen molar-refractivity contribution in [2.24, 2.45) is 0 Å². The first-order chi connectivity index (χ1) is 7.77. The van der Waals surface area contributed by atoms with E-state index >= 15 is 0 Å². The van der Waals surface area contributed by atoms with E-state index in [1.54, 1.807) is 19.3 Å². The van der Waals surface area contributed by atoms with Gasteiger partial charge < -0.3 is 19.3 Å². The second-order valence-corrected chi connectivity index (χ2v) is 3.43. The molecular weight excluding hydrogens is 208 g/mol. The Hall–Kier alpha value is -1.84. The van der Waals surface area contributed by atoms with Gasteiger partial charge in [0.05, 0.1) is 7.11 Å². The SMILES string of the molecule is C=CCc1cc(OC)c2c(c1O)OCCO2. The van der Waals surface area contributed by atoms with Crippen LogP contribution in [-0.2, 0) is 6.42 Å². The van der Waals surface area contributed by atoms with E-state index in [1.165, 1.54) is 0 Å². The highest BCUT2D eigenvalue weighted by molar-refractivity contribution is 5.63. The van der Waals surface area contributed by atoms with Crippen molar-refractivity contribution in [3.8, 4) is 23.0 Å². The van der Waals surface area contributed by atoms with Gasteiger partial charge in [-0.1, -0.05) is 6.08 Å². The highest BCUT2D eigenvalue weighted by atomic mass is 16.6. The van der Waals surface area contributed by atoms with Crippen molar-refractivity contribution in [3.63, 3.8) is 0 Å². The van der Waals surface area contributed by atoms with Gasteiger partial charge in [-0.15, -0.1) is 6.58 Å². The number of allylic oxidation sites excluding steroid dienone is 1. The number of ether oxygens (including phenoxy) is 3. The molecule has 1 aliphatic rings. The summed E-state index contributed by atoms with van der Waals surface area (Å²) in [5.74, 6) is 1.52. The number of hydrogen-bond acceptors (Lipinski definition) is 4. The number of hydrogen-bond donors (Lipinski definition) is 1. The Morgan fingerprint density at radius 3 is 2.75 bits per heavy atom. The van der Waals surface area contributed by atoms with Crippen molar-refractivity contribution in [3.05, 3.63) is 24.3 Å². The van der Waals surface area contributed by atoms with Crippen LogP contribution in [-0.4, -0.2) is 25.4 Å². The average Bonchev–Trinajstić information content (AvgIpc) is 2.33. The zero-order valence-corrected chi connectivity index (χ0v) is 9.16. The van der Waals surface area contributed by atoms with E-state index in [2.05, 4.69) is 6.58 Å². The van der Waals surface area contributed by atoms with Crippen LogP contribution in [0.2, 0.25) is 0 Å². The molecule has 0 bridgehead atoms. The van der Waals surface area contributed by atoms with Gasteiger partial charge in [0.25, 0.3) is 0 Å². The molecule has 2 rings (SSSR count). The fraction of sp³-hybridized carbons (Fsp3) is 0.333. The molecule has 0 spiro atoms. The van der Waals surface area contributed by atoms with E-state index in [0.29, 0.717) is 36.9 Å². The third-order valence-corrected chi connectivity index (χ3v) is 2.41. The van der Waals surface area contributed by atoms with Gasteiger partial charge in [0, 0.05) is 5.56 Å². The van der Waals surface area contributed by atoms with Crippen molar-refractivity contribution in [1.82, 2.24) is 0 Å². The van der Waals surface area contributed by atoms with Crippen LogP contribution < -0.4 is 14.2 Å². The zero-order chi connectivity index (χ0) is 11.5. The maximum absolute atomic E-state index is 9.98. The maximum Gasteiger partial charge on any atom is 0.207 e. The predicted molar refractivity (Wildman–Crippen MR) is 59.5 cm³/mol. The third-order valence-electron chi connectivity index (χ3n) is 2.41. The molecule has 4 nitrogen and oxygen atoms in total. The van der Waals surface area contributed by atoms with Gasteiger partial charge in [-0.05, 0) is 12.5 Å². The molecular formula is C12H14O4. The standard InChI is InChI=1S/C12H14O4/c1-3-4-8-7-9(14-2)11-12(10(8)13)16-6-5-15-11/h3,7,13H,1,4-6H2,2H3. The van der Waals surface area contributed by atoms with Crippen molar-refractivity contribution in [1.29, 1.82) is 0 Å². The van der Waals surface area contributed by atoms with Gasteiger partial charge in [0.2, 0.25) is 11.5 Å². The number of phenols is 1. The molecule has 0 saturated heterocycles. The summed E-state index contributed by atoms with van der Waals surface area (Å²) in [5.41, 5.74) is 0.719. The lowest BCUT2D eigenvalue weighted by atomic mass is 10.1. The fourth-order valence-corrected chi connectivity index (χ4v) is 1.68. The van der Waals surface area contributed by atoms with Crippen molar-refractivity contribution < 1.29 is 19.3 Å². The Morgan fingerprint density at radius 2 is 2.12 bits per heavy atom. The number of aromatic hydroxyl groups is 1. The molecule has 1 aromatic rings. The van der Waals surface area contributed by atoms with E-state index in [4.69, 9.17) is 14.2 Å². The number of rotatable bonds is 3. The van der Waals surface area contributed by atoms with Crippen molar-refractivity contribution >= 4 is 0 Å². The summed E-state index contributed by atoms with van der Waals surface area (Å²) in [5, 5.41) is 9.98. The van der Waals surface area contributed by atoms with Gasteiger partial charge in [-0.2, -0.15) is 0 Å². The molecule has 0 amide bonds. The summed E-state index contributed by atoms with van der Waals surface area (Å²) in [4.78, 5) is 0. The van der Waals surface area contributed by atoms with Crippen molar-refractivity contribution in [2.75, 3.05) is 20.3 Å². The molecule has 1 N–H and O–H groups in total. The summed E-state index contributed by atoms with van der Waals surface area (Å²) in [6, 6.07) is 1.74. The molecule has 4 heteroatoms. The van der Waals surface area contributed by atoms with Gasteiger partial charge in [-0.3, -0.25) is 0 Å². The van der Waals surface area contributed by atoms with Crippen LogP contribution >= 0.6 is 0 Å². The van der Waals surface area contributed by atoms with Crippen LogP contribution in [0.3, 0.4) is 0 Å². The first kappa shape index (κ1) is 10.7. The molecule has 1 heterocycles. The Bertz CT molecular complexity index is 412. The van der Waals surface area contributed by atoms with E-state index in [9.17, 15) is 5.11 Å². The quantitative estimate of drug-likeness (QED) is 0.793. The van der Waals surface area contributed by atoms with Crippen LogP contribution in [0.1, 0.15) is 5.56 Å². The number of phenolic OH excluding ortho intramolecular Hbond substituents is 1. The minimum atomic E-state index is 0.107. The average molecular weight is 222 g/mol. The largest absolute Gasteiger partial charge is 0.504 e. The van der Waals surface area contributed by atoms with Crippen LogP contribution in [0.4, 0.5) is 0 Å². The summed E-state index contributed by atoms with van der Waals surface area (Å²) in [7, 11) is 1.56. The Morgan fingerprint density at radius 1 is 1.44 bits per heavy atom. The summed E-state index contributed by atoms with van der Waals surface area (Å²) < 4.78 is 16.0. The molecule has 1 aromatic carbocycles. The van der Waals surface area contributed by atoms with Gasteiger partial charge in [0.1, 0.15) is 13.2 Å². The zero-order valence-electron chi connectivity index (χ0n) is 9.16. The minimum Gasteiger partial charge on any atom is -0.504 e. The van der Waals surface area contributed by atoms with Crippen LogP contribution in [0.15, 0.2) is 18.7 Å². The lowest BCUT2D eigenvalue weighted by Crippen LogP contribution is -2.16. The van der Waals surface area contributed by atoms with Crippen LogP contribution in [0, 0.1) is 0 Å². The number of benzene rings is 1. The van der Waals surface area contributed by atoms with Gasteiger partial charge >= 0.3 is 0 Å². The molecule has 1 aliphatic heterocycles. The Kier molecular flexibility index (Phi) is 2.90. The van der Waals surface area contributed by atoms with Gasteiger partial charge in [0.15, 0.2) is 11.5 Å². The molecule has 16 heavy (non-hydrogen) atoms. The topological polar surface area (TPSA) is 47.9 Å². The molecule has 86 valence electrons. The molecule has 0 radical (unpaired) electrons. The number of fused-ring (bicyclic) bond motifs is 1. The monoisotopic (exact) mass is 222 g/mol. The molecule has 0 fully saturated rings. The summed E-state index contributed by atoms with van der Waals surface area (Å²) in [6.07, 6.45) is 2.27. The summed E-state index contributed by atoms with van der Waals surface area (Å²) >= 11 is 0. The van der Waals surface area contributed by atoms with Crippen molar-refractivity contribution in [2.45, 2.75) is 6.42 Å². The second-order valence-electron chi connectivity index (χ2n) is 3.43. The predicted octanol–water partition coefficient (Wildman–Crippen LogP) is 1.90. The van der Waals surface area contributed by atoms with E-state index in [0.717, 1.165) is 5.56 Å². The van der Waals surface area contributed by atoms with Crippen LogP contribution in [0.25, 0.3) is 0 Å². The molecule has 0 unspecified atom stereocenters. The highest BCUT2D eigenvalue weighted by Gasteiger charge is 2.23. The third kappa shape index (κ3) is 1.66. The molecule has 0 aromatic heterocycles. The second kappa shape index (κ2) is 4.35. The molecule has 0 aliphatic carbocycles. The lowest BCUT2D eigenvalue weighted by molar-refractivity contribution is 0.159. The lowest BCUT2D eigenvalue weighted by Gasteiger charge is -2.22. The Balaban J connectivity index is 2.55. The van der Waals surface area contributed by atoms with E-state index < -0.39 is 0 Å². The Labute approximate surface area is 94.1 Å². The summed E-state index contributed by atoms with van der Waals surface area (Å²) in [6.45, 7) is 4.53. The minimum absolute atomic E-state index is 0.107. The van der Waals surface area contributed by atoms with Crippen LogP contribution in [0.5, 0.6) is 23.0 Å². The van der Waals surface area contributed by atoms with E-state index in [1.807, 2.05) is 0 Å². The first-order valence-electron chi connectivity index (χ1n) is 5.07. The normalized spacial score (nSPS) is 13.3. The highest BCUT2D eigenvalue weighted by Crippen LogP contribution is 2.47. The maximum atomic E-state index is 9.98. The van der Waals surface area contributed by atoms with Gasteiger partial charge in [-0.25, -0.2) is 0 Å². The first-order valence-corrected chi connectivity index (χ1v) is 5.07. The molecule has 0 atom stereocenters. The number of methoxy groups -OCH3 is 1. The van der Waals surface area contributed by atoms with E-state index in [-0.39, 0.29) is 5.75 Å². The molecule has 0 saturated carbocycles. The smallest absolute Gasteiger partial charge is 0.207 e. The fourth-order valence-electron chi connectivity index (χ4n) is 1.68.